The van der Waals surface area contributed by atoms with Crippen molar-refractivity contribution in [2.24, 2.45) is 7.05 Å². The Morgan fingerprint density at radius 3 is 2.86 bits per heavy atom. The van der Waals surface area contributed by atoms with Gasteiger partial charge in [0.05, 0.1) is 12.2 Å². The highest BCUT2D eigenvalue weighted by atomic mass is 16.5. The SMILES string of the molecule is CCOC(=O)c1cn(C)cc1C1CC1. The van der Waals surface area contributed by atoms with Crippen LogP contribution in [0.1, 0.15) is 41.6 Å². The van der Waals surface area contributed by atoms with Crippen molar-refractivity contribution in [2.75, 3.05) is 6.61 Å². The summed E-state index contributed by atoms with van der Waals surface area (Å²) in [6, 6.07) is 0. The molecular formula is C11H15NO2. The van der Waals surface area contributed by atoms with E-state index in [2.05, 4.69) is 0 Å². The Morgan fingerprint density at radius 1 is 1.57 bits per heavy atom. The Kier molecular flexibility index (Phi) is 2.32. The van der Waals surface area contributed by atoms with Crippen molar-refractivity contribution in [3.8, 4) is 0 Å². The van der Waals surface area contributed by atoms with Crippen LogP contribution in [-0.4, -0.2) is 17.1 Å². The summed E-state index contributed by atoms with van der Waals surface area (Å²) < 4.78 is 6.94. The molecule has 0 aliphatic heterocycles. The molecule has 76 valence electrons. The zero-order valence-electron chi connectivity index (χ0n) is 8.62. The molecule has 0 aromatic carbocycles. The molecule has 0 spiro atoms. The second-order valence-corrected chi connectivity index (χ2v) is 3.79. The molecule has 1 heterocycles. The predicted octanol–water partition coefficient (Wildman–Crippen LogP) is 2.08. The van der Waals surface area contributed by atoms with Gasteiger partial charge in [0.1, 0.15) is 0 Å². The van der Waals surface area contributed by atoms with Crippen LogP contribution in [0, 0.1) is 0 Å². The van der Waals surface area contributed by atoms with Crippen molar-refractivity contribution in [1.82, 2.24) is 4.57 Å². The number of carbonyl (C=O) groups is 1. The van der Waals surface area contributed by atoms with Crippen molar-refractivity contribution in [3.05, 3.63) is 23.5 Å². The standard InChI is InChI=1S/C11H15NO2/c1-3-14-11(13)10-7-12(2)6-9(10)8-4-5-8/h6-8H,3-5H2,1-2H3. The first kappa shape index (κ1) is 9.31. The third-order valence-corrected chi connectivity index (χ3v) is 2.50. The highest BCUT2D eigenvalue weighted by molar-refractivity contribution is 5.91. The number of hydrogen-bond donors (Lipinski definition) is 0. The van der Waals surface area contributed by atoms with Gasteiger partial charge in [0.25, 0.3) is 0 Å². The van der Waals surface area contributed by atoms with Gasteiger partial charge >= 0.3 is 5.97 Å². The fourth-order valence-electron chi connectivity index (χ4n) is 1.70. The maximum Gasteiger partial charge on any atom is 0.339 e. The first-order valence-electron chi connectivity index (χ1n) is 5.05. The molecule has 0 bridgehead atoms. The highest BCUT2D eigenvalue weighted by Gasteiger charge is 2.29. The molecule has 1 aliphatic rings. The quantitative estimate of drug-likeness (QED) is 0.688. The number of hydrogen-bond acceptors (Lipinski definition) is 2. The van der Waals surface area contributed by atoms with Crippen LogP contribution < -0.4 is 0 Å². The second kappa shape index (κ2) is 3.48. The Labute approximate surface area is 83.7 Å². The lowest BCUT2D eigenvalue weighted by Crippen LogP contribution is -2.05. The minimum Gasteiger partial charge on any atom is -0.462 e. The van der Waals surface area contributed by atoms with Crippen molar-refractivity contribution in [1.29, 1.82) is 0 Å². The topological polar surface area (TPSA) is 31.2 Å². The van der Waals surface area contributed by atoms with E-state index in [-0.39, 0.29) is 5.97 Å². The monoisotopic (exact) mass is 193 g/mol. The fourth-order valence-corrected chi connectivity index (χ4v) is 1.70. The van der Waals surface area contributed by atoms with E-state index in [9.17, 15) is 4.79 Å². The molecular weight excluding hydrogens is 178 g/mol. The van der Waals surface area contributed by atoms with Crippen LogP contribution in [-0.2, 0) is 11.8 Å². The summed E-state index contributed by atoms with van der Waals surface area (Å²) in [5.41, 5.74) is 1.91. The van der Waals surface area contributed by atoms with Crippen LogP contribution in [0.3, 0.4) is 0 Å². The summed E-state index contributed by atoms with van der Waals surface area (Å²) in [7, 11) is 1.94. The summed E-state index contributed by atoms with van der Waals surface area (Å²) in [5, 5.41) is 0. The maximum atomic E-state index is 11.6. The largest absolute Gasteiger partial charge is 0.462 e. The number of aryl methyl sites for hydroxylation is 1. The van der Waals surface area contributed by atoms with Crippen LogP contribution in [0.5, 0.6) is 0 Å². The van der Waals surface area contributed by atoms with Gasteiger partial charge in [-0.1, -0.05) is 0 Å². The molecule has 1 aliphatic carbocycles. The van der Waals surface area contributed by atoms with Gasteiger partial charge in [-0.15, -0.1) is 0 Å². The smallest absolute Gasteiger partial charge is 0.339 e. The van der Waals surface area contributed by atoms with Crippen LogP contribution in [0.25, 0.3) is 0 Å². The molecule has 2 rings (SSSR count). The zero-order chi connectivity index (χ0) is 10.1. The normalized spacial score (nSPS) is 15.6. The van der Waals surface area contributed by atoms with Crippen LogP contribution in [0.15, 0.2) is 12.4 Å². The molecule has 1 fully saturated rings. The van der Waals surface area contributed by atoms with Crippen molar-refractivity contribution >= 4 is 5.97 Å². The third kappa shape index (κ3) is 1.67. The molecule has 0 amide bonds. The van der Waals surface area contributed by atoms with Crippen molar-refractivity contribution in [2.45, 2.75) is 25.7 Å². The minimum absolute atomic E-state index is 0.185. The highest BCUT2D eigenvalue weighted by Crippen LogP contribution is 2.42. The average Bonchev–Trinajstić information content (AvgIpc) is 2.90. The fraction of sp³-hybridized carbons (Fsp3) is 0.545. The van der Waals surface area contributed by atoms with E-state index in [0.717, 1.165) is 11.1 Å². The van der Waals surface area contributed by atoms with Gasteiger partial charge in [-0.2, -0.15) is 0 Å². The Hall–Kier alpha value is -1.25. The van der Waals surface area contributed by atoms with Gasteiger partial charge in [-0.3, -0.25) is 0 Å². The number of nitrogens with zero attached hydrogens (tertiary/aromatic N) is 1. The summed E-state index contributed by atoms with van der Waals surface area (Å²) in [6.45, 7) is 2.27. The summed E-state index contributed by atoms with van der Waals surface area (Å²) >= 11 is 0. The van der Waals surface area contributed by atoms with E-state index in [0.29, 0.717) is 12.5 Å². The molecule has 1 aromatic rings. The van der Waals surface area contributed by atoms with E-state index in [1.54, 1.807) is 0 Å². The molecule has 1 aromatic heterocycles. The van der Waals surface area contributed by atoms with E-state index in [4.69, 9.17) is 4.74 Å². The van der Waals surface area contributed by atoms with Crippen molar-refractivity contribution < 1.29 is 9.53 Å². The molecule has 1 saturated carbocycles. The summed E-state index contributed by atoms with van der Waals surface area (Å²) in [4.78, 5) is 11.6. The molecule has 3 heteroatoms. The van der Waals surface area contributed by atoms with Crippen LogP contribution in [0.4, 0.5) is 0 Å². The molecule has 3 nitrogen and oxygen atoms in total. The minimum atomic E-state index is -0.185. The van der Waals surface area contributed by atoms with Gasteiger partial charge in [0, 0.05) is 19.4 Å². The molecule has 0 radical (unpaired) electrons. The second-order valence-electron chi connectivity index (χ2n) is 3.79. The van der Waals surface area contributed by atoms with Gasteiger partial charge in [-0.25, -0.2) is 4.79 Å². The Morgan fingerprint density at radius 2 is 2.29 bits per heavy atom. The predicted molar refractivity (Wildman–Crippen MR) is 53.3 cm³/mol. The first-order chi connectivity index (χ1) is 6.72. The first-order valence-corrected chi connectivity index (χ1v) is 5.05. The lowest BCUT2D eigenvalue weighted by molar-refractivity contribution is 0.0525. The van der Waals surface area contributed by atoms with Gasteiger partial charge in [0.15, 0.2) is 0 Å². The number of esters is 1. The number of rotatable bonds is 3. The lowest BCUT2D eigenvalue weighted by Gasteiger charge is -2.01. The Balaban J connectivity index is 2.26. The number of aromatic nitrogens is 1. The summed E-state index contributed by atoms with van der Waals surface area (Å²) in [6.07, 6.45) is 6.29. The van der Waals surface area contributed by atoms with Gasteiger partial charge in [-0.05, 0) is 31.2 Å². The molecule has 0 unspecified atom stereocenters. The Bertz CT molecular complexity index is 350. The van der Waals surface area contributed by atoms with Gasteiger partial charge in [0.2, 0.25) is 0 Å². The molecule has 0 atom stereocenters. The van der Waals surface area contributed by atoms with E-state index < -0.39 is 0 Å². The van der Waals surface area contributed by atoms with Gasteiger partial charge < -0.3 is 9.30 Å². The molecule has 0 saturated heterocycles. The number of carbonyl (C=O) groups excluding carboxylic acids is 1. The molecule has 14 heavy (non-hydrogen) atoms. The molecule has 0 N–H and O–H groups in total. The van der Waals surface area contributed by atoms with E-state index >= 15 is 0 Å². The third-order valence-electron chi connectivity index (χ3n) is 2.50. The summed E-state index contributed by atoms with van der Waals surface area (Å²) in [5.74, 6) is 0.408. The maximum absolute atomic E-state index is 11.6. The van der Waals surface area contributed by atoms with Crippen LogP contribution >= 0.6 is 0 Å². The lowest BCUT2D eigenvalue weighted by atomic mass is 10.1. The van der Waals surface area contributed by atoms with E-state index in [1.165, 1.54) is 12.8 Å². The van der Waals surface area contributed by atoms with Crippen molar-refractivity contribution in [3.63, 3.8) is 0 Å². The van der Waals surface area contributed by atoms with Crippen LogP contribution in [0.2, 0.25) is 0 Å². The zero-order valence-corrected chi connectivity index (χ0v) is 8.62. The average molecular weight is 193 g/mol. The number of ether oxygens (including phenoxy) is 1. The van der Waals surface area contributed by atoms with E-state index in [1.807, 2.05) is 30.9 Å².